The minimum absolute atomic E-state index is 0.0626. The zero-order chi connectivity index (χ0) is 54.4. The summed E-state index contributed by atoms with van der Waals surface area (Å²) in [7, 11) is 1.63. The summed E-state index contributed by atoms with van der Waals surface area (Å²) < 4.78 is 82.6. The van der Waals surface area contributed by atoms with E-state index in [0.29, 0.717) is 18.1 Å². The Morgan fingerprint density at radius 2 is 0.562 bits per heavy atom. The molecular formula is C68H70O12. The summed E-state index contributed by atoms with van der Waals surface area (Å²) in [4.78, 5) is 0. The van der Waals surface area contributed by atoms with Crippen LogP contribution >= 0.6 is 0 Å². The SMILES string of the molecule is COc1ccc(O[C@@H]2O[C@H](CO[C@@H]3O[C@H](COCc4ccccc4)[C@H](OCc4ccccc4)[C@H](OCc4ccccc4)[C@H]3OCc3ccccc3)[C@H](OCc3ccccc3)[C@H](OCc3ccccc3)[C@H]2OCc2ccccc2)cc1. The summed E-state index contributed by atoms with van der Waals surface area (Å²) in [5.74, 6) is 1.22. The highest BCUT2D eigenvalue weighted by Gasteiger charge is 2.53. The maximum absolute atomic E-state index is 7.19. The third kappa shape index (κ3) is 16.3. The van der Waals surface area contributed by atoms with E-state index in [-0.39, 0.29) is 52.9 Å². The summed E-state index contributed by atoms with van der Waals surface area (Å²) in [5, 5.41) is 0. The van der Waals surface area contributed by atoms with Crippen molar-refractivity contribution < 1.29 is 56.8 Å². The largest absolute Gasteiger partial charge is 0.497 e. The van der Waals surface area contributed by atoms with Gasteiger partial charge in [-0.25, -0.2) is 0 Å². The van der Waals surface area contributed by atoms with Crippen LogP contribution in [-0.4, -0.2) is 81.7 Å². The third-order valence-electron chi connectivity index (χ3n) is 14.0. The van der Waals surface area contributed by atoms with E-state index < -0.39 is 61.4 Å². The van der Waals surface area contributed by atoms with Crippen molar-refractivity contribution in [3.63, 3.8) is 0 Å². The number of rotatable bonds is 28. The lowest BCUT2D eigenvalue weighted by Crippen LogP contribution is -2.64. The first-order valence-electron chi connectivity index (χ1n) is 27.4. The zero-order valence-electron chi connectivity index (χ0n) is 45.1. The molecule has 0 N–H and O–H groups in total. The lowest BCUT2D eigenvalue weighted by molar-refractivity contribution is -0.346. The van der Waals surface area contributed by atoms with Crippen LogP contribution in [0.15, 0.2) is 237 Å². The van der Waals surface area contributed by atoms with Crippen LogP contribution in [0.3, 0.4) is 0 Å². The molecule has 414 valence electrons. The van der Waals surface area contributed by atoms with Crippen LogP contribution in [-0.2, 0) is 93.6 Å². The minimum atomic E-state index is -1.04. The van der Waals surface area contributed by atoms with Gasteiger partial charge >= 0.3 is 0 Å². The molecule has 0 aliphatic carbocycles. The van der Waals surface area contributed by atoms with E-state index in [0.717, 1.165) is 38.9 Å². The Bertz CT molecular complexity index is 2950. The van der Waals surface area contributed by atoms with Crippen molar-refractivity contribution in [1.29, 1.82) is 0 Å². The van der Waals surface area contributed by atoms with Gasteiger partial charge in [0, 0.05) is 0 Å². The molecule has 12 heteroatoms. The van der Waals surface area contributed by atoms with Crippen LogP contribution in [0, 0.1) is 0 Å². The molecule has 0 aromatic heterocycles. The first kappa shape index (κ1) is 56.2. The maximum atomic E-state index is 7.19. The molecule has 8 aromatic rings. The predicted octanol–water partition coefficient (Wildman–Crippen LogP) is 12.3. The number of ether oxygens (including phenoxy) is 12. The van der Waals surface area contributed by atoms with Crippen LogP contribution in [0.25, 0.3) is 0 Å². The molecule has 8 aromatic carbocycles. The Morgan fingerprint density at radius 3 is 0.925 bits per heavy atom. The lowest BCUT2D eigenvalue weighted by atomic mass is 9.96. The highest BCUT2D eigenvalue weighted by molar-refractivity contribution is 5.31. The molecule has 10 rings (SSSR count). The maximum Gasteiger partial charge on any atom is 0.229 e. The van der Waals surface area contributed by atoms with Gasteiger partial charge in [-0.05, 0) is 63.2 Å². The van der Waals surface area contributed by atoms with E-state index in [4.69, 9.17) is 56.8 Å². The first-order valence-corrected chi connectivity index (χ1v) is 27.4. The van der Waals surface area contributed by atoms with Gasteiger partial charge in [0.1, 0.15) is 60.3 Å². The van der Waals surface area contributed by atoms with Gasteiger partial charge in [0.25, 0.3) is 0 Å². The Balaban J connectivity index is 1.02. The first-order chi connectivity index (χ1) is 39.6. The summed E-state index contributed by atoms with van der Waals surface area (Å²) in [6.45, 7) is 1.97. The molecule has 80 heavy (non-hydrogen) atoms. The van der Waals surface area contributed by atoms with Crippen molar-refractivity contribution in [3.8, 4) is 11.5 Å². The van der Waals surface area contributed by atoms with Crippen molar-refractivity contribution >= 4 is 0 Å². The van der Waals surface area contributed by atoms with Gasteiger partial charge < -0.3 is 56.8 Å². The second-order valence-corrected chi connectivity index (χ2v) is 19.8. The highest BCUT2D eigenvalue weighted by atomic mass is 16.8. The second kappa shape index (κ2) is 30.0. The minimum Gasteiger partial charge on any atom is -0.497 e. The monoisotopic (exact) mass is 1080 g/mol. The highest BCUT2D eigenvalue weighted by Crippen LogP contribution is 2.36. The van der Waals surface area contributed by atoms with Crippen molar-refractivity contribution in [1.82, 2.24) is 0 Å². The molecule has 0 spiro atoms. The summed E-state index contributed by atoms with van der Waals surface area (Å²) in [6, 6.07) is 77.7. The molecule has 0 unspecified atom stereocenters. The number of methoxy groups -OCH3 is 1. The molecule has 2 heterocycles. The van der Waals surface area contributed by atoms with E-state index in [1.807, 2.05) is 237 Å². The topological polar surface area (TPSA) is 111 Å². The van der Waals surface area contributed by atoms with Crippen LogP contribution in [0.4, 0.5) is 0 Å². The Hall–Kier alpha value is -7.04. The quantitative estimate of drug-likeness (QED) is 0.0466. The molecular weight excluding hydrogens is 1010 g/mol. The molecule has 0 radical (unpaired) electrons. The molecule has 10 atom stereocenters. The predicted molar refractivity (Wildman–Crippen MR) is 303 cm³/mol. The number of hydrogen-bond acceptors (Lipinski definition) is 12. The Morgan fingerprint density at radius 1 is 0.275 bits per heavy atom. The normalized spacial score (nSPS) is 22.8. The van der Waals surface area contributed by atoms with E-state index >= 15 is 0 Å². The van der Waals surface area contributed by atoms with Crippen LogP contribution in [0.2, 0.25) is 0 Å². The van der Waals surface area contributed by atoms with Gasteiger partial charge in [0.05, 0.1) is 66.6 Å². The number of hydrogen-bond donors (Lipinski definition) is 0. The van der Waals surface area contributed by atoms with Gasteiger partial charge in [-0.2, -0.15) is 0 Å². The average molecular weight is 1080 g/mol. The molecule has 0 bridgehead atoms. The van der Waals surface area contributed by atoms with E-state index in [2.05, 4.69) is 0 Å². The summed E-state index contributed by atoms with van der Waals surface area (Å²) >= 11 is 0. The molecule has 0 saturated carbocycles. The zero-order valence-corrected chi connectivity index (χ0v) is 45.1. The fourth-order valence-electron chi connectivity index (χ4n) is 9.83. The van der Waals surface area contributed by atoms with Crippen LogP contribution < -0.4 is 9.47 Å². The fraction of sp³-hybridized carbons (Fsp3) is 0.294. The molecule has 0 amide bonds. The van der Waals surface area contributed by atoms with Crippen molar-refractivity contribution in [2.24, 2.45) is 0 Å². The second-order valence-electron chi connectivity index (χ2n) is 19.8. The molecule has 2 fully saturated rings. The van der Waals surface area contributed by atoms with Crippen LogP contribution in [0.1, 0.15) is 38.9 Å². The van der Waals surface area contributed by atoms with Gasteiger partial charge in [-0.15, -0.1) is 0 Å². The standard InChI is InChI=1S/C68H70O12/c1-69-57-37-39-58(40-38-57)78-68-66(76-47-56-35-21-8-22-36-56)64(74-45-54-31-17-6-18-32-54)62(72-43-52-27-13-4-14-28-52)60(80-68)49-77-67-65(75-46-55-33-19-7-20-34-55)63(73-44-53-29-15-5-16-30-53)61(71-42-51-25-11-3-12-26-51)59(79-67)48-70-41-50-23-9-2-10-24-50/h2-40,59-68H,41-49H2,1H3/t59-,60-,61+,62+,63+,64+,65-,66-,67-,68-/m1/s1. The summed E-state index contributed by atoms with van der Waals surface area (Å²) in [5.41, 5.74) is 6.88. The van der Waals surface area contributed by atoms with Gasteiger partial charge in [-0.1, -0.05) is 212 Å². The molecule has 2 aliphatic heterocycles. The number of benzene rings is 8. The van der Waals surface area contributed by atoms with E-state index in [1.54, 1.807) is 7.11 Å². The lowest BCUT2D eigenvalue weighted by Gasteiger charge is -2.48. The summed E-state index contributed by atoms with van der Waals surface area (Å²) in [6.07, 6.45) is -8.18. The molecule has 2 saturated heterocycles. The van der Waals surface area contributed by atoms with E-state index in [9.17, 15) is 0 Å². The Labute approximate surface area is 469 Å². The van der Waals surface area contributed by atoms with E-state index in [1.165, 1.54) is 0 Å². The Kier molecular flexibility index (Phi) is 21.1. The third-order valence-corrected chi connectivity index (χ3v) is 14.0. The fourth-order valence-corrected chi connectivity index (χ4v) is 9.83. The van der Waals surface area contributed by atoms with Crippen LogP contribution in [0.5, 0.6) is 11.5 Å². The van der Waals surface area contributed by atoms with Crippen molar-refractivity contribution in [2.75, 3.05) is 20.3 Å². The molecule has 12 nitrogen and oxygen atoms in total. The van der Waals surface area contributed by atoms with Gasteiger partial charge in [0.2, 0.25) is 6.29 Å². The van der Waals surface area contributed by atoms with Gasteiger partial charge in [-0.3, -0.25) is 0 Å². The van der Waals surface area contributed by atoms with Gasteiger partial charge in [0.15, 0.2) is 6.29 Å². The smallest absolute Gasteiger partial charge is 0.229 e. The van der Waals surface area contributed by atoms with Crippen molar-refractivity contribution in [3.05, 3.63) is 276 Å². The average Bonchev–Trinajstić information content (AvgIpc) is 3.60. The molecule has 2 aliphatic rings. The van der Waals surface area contributed by atoms with Crippen molar-refractivity contribution in [2.45, 2.75) is 108 Å².